The first-order valence-corrected chi connectivity index (χ1v) is 7.06. The summed E-state index contributed by atoms with van der Waals surface area (Å²) in [4.78, 5) is 47.6. The van der Waals surface area contributed by atoms with E-state index in [0.29, 0.717) is 5.56 Å². The van der Waals surface area contributed by atoms with Crippen LogP contribution in [0, 0.1) is 6.92 Å². The number of aryl methyl sites for hydroxylation is 1. The Morgan fingerprint density at radius 1 is 1.35 bits per heavy atom. The molecule has 1 fully saturated rings. The molecular weight excluding hydrogens is 308 g/mol. The minimum Gasteiger partial charge on any atom is -0.463 e. The predicted molar refractivity (Wildman–Crippen MR) is 76.8 cm³/mol. The van der Waals surface area contributed by atoms with Gasteiger partial charge in [0, 0.05) is 32.0 Å². The Morgan fingerprint density at radius 3 is 2.65 bits per heavy atom. The van der Waals surface area contributed by atoms with Crippen molar-refractivity contribution < 1.29 is 23.8 Å². The standard InChI is InChI=1S/C14H18N2O7/c1-7-5-16(14(20)15-13(7)19)12-4-10(22-9(3)18)11(23-12)6-21-8(2)17/h5,10-12H,4,6H2,1-3H3,(H,15,19,20)/t10-,11-,12?/m1/s1. The third-order valence-electron chi connectivity index (χ3n) is 3.40. The molecule has 9 heteroatoms. The summed E-state index contributed by atoms with van der Waals surface area (Å²) in [6, 6.07) is 0. The van der Waals surface area contributed by atoms with Crippen molar-refractivity contribution in [1.29, 1.82) is 0 Å². The number of aromatic amines is 1. The Kier molecular flexibility index (Phi) is 4.99. The molecule has 0 bridgehead atoms. The van der Waals surface area contributed by atoms with E-state index in [1.54, 1.807) is 6.92 Å². The number of nitrogens with zero attached hydrogens (tertiary/aromatic N) is 1. The second kappa shape index (κ2) is 6.78. The molecule has 126 valence electrons. The van der Waals surface area contributed by atoms with Gasteiger partial charge < -0.3 is 14.2 Å². The highest BCUT2D eigenvalue weighted by Crippen LogP contribution is 2.30. The number of hydrogen-bond donors (Lipinski definition) is 1. The van der Waals surface area contributed by atoms with Gasteiger partial charge in [0.25, 0.3) is 5.56 Å². The van der Waals surface area contributed by atoms with E-state index < -0.39 is 41.6 Å². The Hall–Kier alpha value is -2.42. The van der Waals surface area contributed by atoms with Gasteiger partial charge in [-0.15, -0.1) is 0 Å². The lowest BCUT2D eigenvalue weighted by Gasteiger charge is -2.17. The quantitative estimate of drug-likeness (QED) is 0.750. The molecule has 2 heterocycles. The number of H-pyrrole nitrogens is 1. The average Bonchev–Trinajstić information content (AvgIpc) is 2.82. The fourth-order valence-corrected chi connectivity index (χ4v) is 2.36. The number of nitrogens with one attached hydrogen (secondary N) is 1. The third-order valence-corrected chi connectivity index (χ3v) is 3.40. The maximum Gasteiger partial charge on any atom is 0.330 e. The molecule has 1 aliphatic rings. The van der Waals surface area contributed by atoms with E-state index in [2.05, 4.69) is 4.98 Å². The van der Waals surface area contributed by atoms with Crippen molar-refractivity contribution in [3.05, 3.63) is 32.6 Å². The predicted octanol–water partition coefficient (Wildman–Crippen LogP) is -0.373. The van der Waals surface area contributed by atoms with Crippen molar-refractivity contribution in [3.63, 3.8) is 0 Å². The minimum absolute atomic E-state index is 0.0964. The number of ether oxygens (including phenoxy) is 3. The van der Waals surface area contributed by atoms with E-state index in [-0.39, 0.29) is 13.0 Å². The minimum atomic E-state index is -0.733. The van der Waals surface area contributed by atoms with Crippen molar-refractivity contribution in [2.45, 2.75) is 45.6 Å². The molecule has 0 saturated carbocycles. The molecule has 1 unspecified atom stereocenters. The van der Waals surface area contributed by atoms with Crippen molar-refractivity contribution >= 4 is 11.9 Å². The monoisotopic (exact) mass is 326 g/mol. The zero-order valence-electron chi connectivity index (χ0n) is 13.0. The lowest BCUT2D eigenvalue weighted by atomic mass is 10.2. The molecule has 0 aromatic carbocycles. The van der Waals surface area contributed by atoms with Crippen LogP contribution in [0.25, 0.3) is 0 Å². The summed E-state index contributed by atoms with van der Waals surface area (Å²) in [6.45, 7) is 3.97. The van der Waals surface area contributed by atoms with Crippen LogP contribution >= 0.6 is 0 Å². The molecule has 23 heavy (non-hydrogen) atoms. The number of carbonyl (C=O) groups excluding carboxylic acids is 2. The van der Waals surface area contributed by atoms with Gasteiger partial charge in [-0.05, 0) is 6.92 Å². The lowest BCUT2D eigenvalue weighted by molar-refractivity contribution is -0.155. The van der Waals surface area contributed by atoms with Crippen LogP contribution in [0.4, 0.5) is 0 Å². The summed E-state index contributed by atoms with van der Waals surface area (Å²) in [5, 5.41) is 0. The van der Waals surface area contributed by atoms with Gasteiger partial charge in [-0.3, -0.25) is 23.9 Å². The second-order valence-electron chi connectivity index (χ2n) is 5.29. The summed E-state index contributed by atoms with van der Waals surface area (Å²) in [7, 11) is 0. The van der Waals surface area contributed by atoms with Crippen LogP contribution in [0.3, 0.4) is 0 Å². The van der Waals surface area contributed by atoms with Crippen molar-refractivity contribution in [1.82, 2.24) is 9.55 Å². The number of rotatable bonds is 4. The van der Waals surface area contributed by atoms with Crippen LogP contribution in [0.15, 0.2) is 15.8 Å². The summed E-state index contributed by atoms with van der Waals surface area (Å²) in [6.07, 6.45) is -0.493. The van der Waals surface area contributed by atoms with Gasteiger partial charge in [-0.25, -0.2) is 4.79 Å². The Balaban J connectivity index is 2.23. The lowest BCUT2D eigenvalue weighted by Crippen LogP contribution is -2.33. The normalized spacial score (nSPS) is 23.5. The fraction of sp³-hybridized carbons (Fsp3) is 0.571. The number of carbonyl (C=O) groups is 2. The van der Waals surface area contributed by atoms with Gasteiger partial charge >= 0.3 is 17.6 Å². The summed E-state index contributed by atoms with van der Waals surface area (Å²) in [5.74, 6) is -0.993. The van der Waals surface area contributed by atoms with Gasteiger partial charge in [-0.2, -0.15) is 0 Å². The topological polar surface area (TPSA) is 117 Å². The van der Waals surface area contributed by atoms with E-state index in [1.165, 1.54) is 24.6 Å². The summed E-state index contributed by atoms with van der Waals surface area (Å²) in [5.41, 5.74) is -0.752. The smallest absolute Gasteiger partial charge is 0.330 e. The highest BCUT2D eigenvalue weighted by Gasteiger charge is 2.39. The van der Waals surface area contributed by atoms with Crippen LogP contribution in [-0.2, 0) is 23.8 Å². The first-order valence-electron chi connectivity index (χ1n) is 7.06. The van der Waals surface area contributed by atoms with E-state index in [0.717, 1.165) is 0 Å². The van der Waals surface area contributed by atoms with E-state index in [1.807, 2.05) is 0 Å². The Labute approximate surface area is 131 Å². The van der Waals surface area contributed by atoms with Crippen molar-refractivity contribution in [3.8, 4) is 0 Å². The molecule has 0 amide bonds. The molecule has 1 N–H and O–H groups in total. The molecule has 9 nitrogen and oxygen atoms in total. The zero-order valence-corrected chi connectivity index (χ0v) is 13.0. The molecular formula is C14H18N2O7. The Morgan fingerprint density at radius 2 is 2.04 bits per heavy atom. The van der Waals surface area contributed by atoms with Crippen molar-refractivity contribution in [2.24, 2.45) is 0 Å². The van der Waals surface area contributed by atoms with Crippen molar-refractivity contribution in [2.75, 3.05) is 6.61 Å². The van der Waals surface area contributed by atoms with Gasteiger partial charge in [0.15, 0.2) is 0 Å². The highest BCUT2D eigenvalue weighted by molar-refractivity contribution is 5.66. The van der Waals surface area contributed by atoms with Gasteiger partial charge in [0.05, 0.1) is 0 Å². The van der Waals surface area contributed by atoms with Crippen LogP contribution in [0.5, 0.6) is 0 Å². The van der Waals surface area contributed by atoms with Gasteiger partial charge in [0.2, 0.25) is 0 Å². The van der Waals surface area contributed by atoms with Crippen LogP contribution in [0.2, 0.25) is 0 Å². The fourth-order valence-electron chi connectivity index (χ4n) is 2.36. The molecule has 0 radical (unpaired) electrons. The molecule has 2 rings (SSSR count). The first-order chi connectivity index (χ1) is 10.8. The van der Waals surface area contributed by atoms with E-state index in [4.69, 9.17) is 14.2 Å². The molecule has 3 atom stereocenters. The molecule has 1 saturated heterocycles. The highest BCUT2D eigenvalue weighted by atomic mass is 16.6. The van der Waals surface area contributed by atoms with Gasteiger partial charge in [0.1, 0.15) is 25.0 Å². The summed E-state index contributed by atoms with van der Waals surface area (Å²) >= 11 is 0. The largest absolute Gasteiger partial charge is 0.463 e. The van der Waals surface area contributed by atoms with Crippen LogP contribution in [-0.4, -0.2) is 40.3 Å². The average molecular weight is 326 g/mol. The van der Waals surface area contributed by atoms with E-state index >= 15 is 0 Å². The molecule has 1 aliphatic heterocycles. The van der Waals surface area contributed by atoms with Gasteiger partial charge in [-0.1, -0.05) is 0 Å². The van der Waals surface area contributed by atoms with E-state index in [9.17, 15) is 19.2 Å². The zero-order chi connectivity index (χ0) is 17.1. The molecule has 1 aromatic rings. The number of aromatic nitrogens is 2. The maximum absolute atomic E-state index is 11.9. The van der Waals surface area contributed by atoms with Crippen LogP contribution in [0.1, 0.15) is 32.1 Å². The summed E-state index contributed by atoms with van der Waals surface area (Å²) < 4.78 is 17.0. The first kappa shape index (κ1) is 16.9. The maximum atomic E-state index is 11.9. The molecule has 0 aliphatic carbocycles. The Bertz CT molecular complexity index is 721. The second-order valence-corrected chi connectivity index (χ2v) is 5.29. The molecule has 1 aromatic heterocycles. The van der Waals surface area contributed by atoms with Crippen LogP contribution < -0.4 is 11.2 Å². The molecule has 0 spiro atoms. The number of hydrogen-bond acceptors (Lipinski definition) is 7. The third kappa shape index (κ3) is 4.07. The number of esters is 2. The SMILES string of the molecule is CC(=O)OC[C@H]1OC(n2cc(C)c(=O)[nH]c2=O)C[C@H]1OC(C)=O.